The zero-order chi connectivity index (χ0) is 30.8. The second kappa shape index (κ2) is 7.80. The molecule has 0 N–H and O–H groups in total. The van der Waals surface area contributed by atoms with E-state index in [1.165, 1.54) is 22.4 Å². The Morgan fingerprint density at radius 1 is 0.744 bits per heavy atom. The second-order valence-electron chi connectivity index (χ2n) is 11.6. The van der Waals surface area contributed by atoms with E-state index in [-0.39, 0.29) is 11.1 Å². The van der Waals surface area contributed by atoms with E-state index in [0.29, 0.717) is 5.69 Å². The van der Waals surface area contributed by atoms with Crippen molar-refractivity contribution in [3.05, 3.63) is 108 Å². The summed E-state index contributed by atoms with van der Waals surface area (Å²) < 4.78 is 45.0. The molecule has 0 amide bonds. The quantitative estimate of drug-likeness (QED) is 0.213. The number of hydrogen-bond donors (Lipinski definition) is 0. The first kappa shape index (κ1) is 18.0. The summed E-state index contributed by atoms with van der Waals surface area (Å²) in [5, 5.41) is 9.19. The van der Waals surface area contributed by atoms with Crippen molar-refractivity contribution in [2.24, 2.45) is 5.41 Å². The molecule has 8 aromatic rings. The van der Waals surface area contributed by atoms with Crippen molar-refractivity contribution in [1.82, 2.24) is 9.38 Å². The number of nitrogens with zero attached hydrogens (tertiary/aromatic N) is 2. The van der Waals surface area contributed by atoms with E-state index < -0.39 is 18.6 Å². The third-order valence-corrected chi connectivity index (χ3v) is 7.88. The molecule has 0 spiro atoms. The Morgan fingerprint density at radius 2 is 1.49 bits per heavy atom. The van der Waals surface area contributed by atoms with Gasteiger partial charge in [0.25, 0.3) is 0 Å². The first-order valence-electron chi connectivity index (χ1n) is 15.9. The molecule has 39 heavy (non-hydrogen) atoms. The molecule has 8 rings (SSSR count). The summed E-state index contributed by atoms with van der Waals surface area (Å²) in [7, 11) is 0. The van der Waals surface area contributed by atoms with Crippen LogP contribution in [-0.2, 0) is 6.37 Å². The highest BCUT2D eigenvalue weighted by Crippen LogP contribution is 2.45. The van der Waals surface area contributed by atoms with Gasteiger partial charge in [-0.25, -0.2) is 0 Å². The standard InChI is InChI=1S/C37H30N2/c1-22-21-38-31(19-26(22)20-37(2,3)4)25-17-29-28-11-7-8-12-32(28)39-33-16-15-24-14-13-23-9-5-6-10-27(23)34(24)35(33)30(18-25)36(29)39/h5-19,21H,20H2,1-4H3/i1D3,20D2. The van der Waals surface area contributed by atoms with E-state index >= 15 is 0 Å². The van der Waals surface area contributed by atoms with E-state index in [1.54, 1.807) is 26.8 Å². The molecule has 0 fully saturated rings. The fourth-order valence-corrected chi connectivity index (χ4v) is 6.35. The van der Waals surface area contributed by atoms with Crippen LogP contribution in [0.4, 0.5) is 0 Å². The van der Waals surface area contributed by atoms with Crippen molar-refractivity contribution < 1.29 is 6.85 Å². The minimum Gasteiger partial charge on any atom is -0.308 e. The molecule has 0 radical (unpaired) electrons. The van der Waals surface area contributed by atoms with Crippen LogP contribution in [0.25, 0.3) is 70.9 Å². The molecule has 0 aliphatic carbocycles. The van der Waals surface area contributed by atoms with Gasteiger partial charge in [0.15, 0.2) is 0 Å². The van der Waals surface area contributed by atoms with Crippen molar-refractivity contribution in [2.75, 3.05) is 0 Å². The Balaban J connectivity index is 1.54. The minimum absolute atomic E-state index is 0.0498. The van der Waals surface area contributed by atoms with E-state index in [4.69, 9.17) is 6.85 Å². The first-order chi connectivity index (χ1) is 20.9. The van der Waals surface area contributed by atoms with Gasteiger partial charge in [-0.1, -0.05) is 81.4 Å². The van der Waals surface area contributed by atoms with Crippen LogP contribution in [-0.4, -0.2) is 9.38 Å². The van der Waals surface area contributed by atoms with Gasteiger partial charge in [0, 0.05) is 40.2 Å². The highest BCUT2D eigenvalue weighted by atomic mass is 14.9. The van der Waals surface area contributed by atoms with E-state index in [1.807, 2.05) is 6.07 Å². The van der Waals surface area contributed by atoms with Crippen molar-refractivity contribution in [1.29, 1.82) is 0 Å². The molecule has 0 saturated carbocycles. The molecule has 188 valence electrons. The summed E-state index contributed by atoms with van der Waals surface area (Å²) in [5.41, 5.74) is 4.03. The molecule has 0 unspecified atom stereocenters. The lowest BCUT2D eigenvalue weighted by Gasteiger charge is -2.20. The number of pyridine rings is 1. The van der Waals surface area contributed by atoms with E-state index in [2.05, 4.69) is 88.2 Å². The first-order valence-corrected chi connectivity index (χ1v) is 13.4. The number of hydrogen-bond acceptors (Lipinski definition) is 1. The van der Waals surface area contributed by atoms with Gasteiger partial charge in [0.2, 0.25) is 0 Å². The Hall–Kier alpha value is -4.43. The average molecular weight is 508 g/mol. The van der Waals surface area contributed by atoms with Crippen LogP contribution in [0.3, 0.4) is 0 Å². The lowest BCUT2D eigenvalue weighted by atomic mass is 9.86. The summed E-state index contributed by atoms with van der Waals surface area (Å²) in [6, 6.07) is 31.6. The van der Waals surface area contributed by atoms with Gasteiger partial charge < -0.3 is 4.40 Å². The Morgan fingerprint density at radius 3 is 2.33 bits per heavy atom. The number of benzene rings is 5. The predicted octanol–water partition coefficient (Wildman–Crippen LogP) is 10.1. The van der Waals surface area contributed by atoms with Crippen LogP contribution >= 0.6 is 0 Å². The smallest absolute Gasteiger partial charge is 0.0705 e. The zero-order valence-electron chi connectivity index (χ0n) is 27.1. The zero-order valence-corrected chi connectivity index (χ0v) is 22.1. The van der Waals surface area contributed by atoms with Crippen molar-refractivity contribution >= 4 is 59.6 Å². The van der Waals surface area contributed by atoms with Gasteiger partial charge in [0.1, 0.15) is 0 Å². The van der Waals surface area contributed by atoms with Gasteiger partial charge in [-0.15, -0.1) is 0 Å². The lowest BCUT2D eigenvalue weighted by Crippen LogP contribution is -2.10. The maximum absolute atomic E-state index is 9.05. The van der Waals surface area contributed by atoms with E-state index in [9.17, 15) is 0 Å². The molecule has 3 heterocycles. The molecule has 2 heteroatoms. The van der Waals surface area contributed by atoms with Gasteiger partial charge in [-0.3, -0.25) is 4.98 Å². The number of para-hydroxylation sites is 1. The third kappa shape index (κ3) is 3.24. The molecule has 0 bridgehead atoms. The highest BCUT2D eigenvalue weighted by molar-refractivity contribution is 6.33. The summed E-state index contributed by atoms with van der Waals surface area (Å²) >= 11 is 0. The third-order valence-electron chi connectivity index (χ3n) is 7.88. The summed E-state index contributed by atoms with van der Waals surface area (Å²) in [4.78, 5) is 4.67. The van der Waals surface area contributed by atoms with E-state index in [0.717, 1.165) is 49.0 Å². The monoisotopic (exact) mass is 507 g/mol. The van der Waals surface area contributed by atoms with Crippen LogP contribution in [0, 0.1) is 12.3 Å². The summed E-state index contributed by atoms with van der Waals surface area (Å²) in [5.74, 6) is 0. The predicted molar refractivity (Wildman–Crippen MR) is 167 cm³/mol. The van der Waals surface area contributed by atoms with Crippen molar-refractivity contribution in [3.8, 4) is 11.3 Å². The average Bonchev–Trinajstić information content (AvgIpc) is 3.51. The molecular formula is C37H30N2. The minimum atomic E-state index is -2.50. The van der Waals surface area contributed by atoms with Crippen molar-refractivity contribution in [2.45, 2.75) is 34.0 Å². The SMILES string of the molecule is [2H]C([2H])([2H])c1cnc(-c2cc3c4ccccc4n4c5ccc6ccc7ccccc7c6c5c(c2)c34)cc1C([2H])([2H])C(C)(C)C. The molecule has 0 atom stereocenters. The number of fused-ring (bicyclic) bond motifs is 10. The van der Waals surface area contributed by atoms with Gasteiger partial charge >= 0.3 is 0 Å². The van der Waals surface area contributed by atoms with Gasteiger partial charge in [0.05, 0.1) is 22.2 Å². The Bertz CT molecular complexity index is 2440. The fourth-order valence-electron chi connectivity index (χ4n) is 6.35. The normalized spacial score (nSPS) is 15.3. The lowest BCUT2D eigenvalue weighted by molar-refractivity contribution is 0.410. The molecule has 0 saturated heterocycles. The van der Waals surface area contributed by atoms with Crippen LogP contribution < -0.4 is 0 Å². The highest BCUT2D eigenvalue weighted by Gasteiger charge is 2.22. The van der Waals surface area contributed by atoms with Crippen molar-refractivity contribution in [3.63, 3.8) is 0 Å². The molecule has 5 aromatic carbocycles. The topological polar surface area (TPSA) is 17.3 Å². The number of aryl methyl sites for hydroxylation is 1. The van der Waals surface area contributed by atoms with Crippen LogP contribution in [0.5, 0.6) is 0 Å². The molecular weight excluding hydrogens is 472 g/mol. The molecule has 0 aliphatic rings. The number of aromatic nitrogens is 2. The van der Waals surface area contributed by atoms with Gasteiger partial charge in [-0.2, -0.15) is 0 Å². The Labute approximate surface area is 234 Å². The Kier molecular flexibility index (Phi) is 3.59. The molecule has 2 nitrogen and oxygen atoms in total. The second-order valence-corrected chi connectivity index (χ2v) is 11.6. The van der Waals surface area contributed by atoms with Crippen LogP contribution in [0.15, 0.2) is 97.2 Å². The summed E-state index contributed by atoms with van der Waals surface area (Å²) in [6.07, 6.45) is -0.558. The summed E-state index contributed by atoms with van der Waals surface area (Å²) in [6.45, 7) is 2.89. The maximum atomic E-state index is 9.05. The maximum Gasteiger partial charge on any atom is 0.0705 e. The van der Waals surface area contributed by atoms with Crippen LogP contribution in [0.1, 0.15) is 38.8 Å². The largest absolute Gasteiger partial charge is 0.308 e. The number of rotatable bonds is 2. The van der Waals surface area contributed by atoms with Crippen LogP contribution in [0.2, 0.25) is 0 Å². The molecule has 0 aliphatic heterocycles. The fraction of sp³-hybridized carbons (Fsp3) is 0.162. The molecule has 3 aromatic heterocycles. The van der Waals surface area contributed by atoms with Gasteiger partial charge in [-0.05, 0) is 81.6 Å².